The minimum atomic E-state index is -0.533. The molecule has 8 nitrogen and oxygen atoms in total. The number of nitrogens with one attached hydrogen (secondary N) is 2. The number of nitrogens with zero attached hydrogens (tertiary/aromatic N) is 4. The quantitative estimate of drug-likeness (QED) is 0.405. The van der Waals surface area contributed by atoms with Crippen molar-refractivity contribution in [1.82, 2.24) is 29.7 Å². The van der Waals surface area contributed by atoms with E-state index in [0.717, 1.165) is 29.3 Å². The van der Waals surface area contributed by atoms with E-state index >= 15 is 0 Å². The Morgan fingerprint density at radius 3 is 2.65 bits per heavy atom. The molecular formula is C25H29FN6O2. The topological polar surface area (TPSA) is 97.0 Å². The molecule has 0 saturated heterocycles. The molecule has 0 radical (unpaired) electrons. The molecule has 4 aromatic rings. The van der Waals surface area contributed by atoms with Crippen LogP contribution >= 0.6 is 0 Å². The molecule has 1 fully saturated rings. The molecule has 178 valence electrons. The molecule has 1 saturated carbocycles. The Kier molecular flexibility index (Phi) is 6.16. The van der Waals surface area contributed by atoms with Gasteiger partial charge in [0.15, 0.2) is 0 Å². The highest BCUT2D eigenvalue weighted by Gasteiger charge is 2.29. The van der Waals surface area contributed by atoms with Gasteiger partial charge in [0, 0.05) is 62.5 Å². The van der Waals surface area contributed by atoms with Crippen molar-refractivity contribution in [2.24, 2.45) is 14.1 Å². The molecule has 34 heavy (non-hydrogen) atoms. The number of halogens is 1. The second-order valence-electron chi connectivity index (χ2n) is 9.16. The third kappa shape index (κ3) is 4.22. The van der Waals surface area contributed by atoms with E-state index in [9.17, 15) is 14.3 Å². The van der Waals surface area contributed by atoms with Crippen molar-refractivity contribution in [2.45, 2.75) is 50.5 Å². The van der Waals surface area contributed by atoms with Gasteiger partial charge in [-0.1, -0.05) is 18.2 Å². The lowest BCUT2D eigenvalue weighted by Crippen LogP contribution is -2.48. The highest BCUT2D eigenvalue weighted by atomic mass is 19.1. The SMILES string of the molecule is Cn1c(=O)n(C)c2cc(CN[C@H]3CC[C@H](NCc4cccc5cncnc45)C[C@H]3O)c(F)cc21. The zero-order chi connectivity index (χ0) is 23.8. The zero-order valence-electron chi connectivity index (χ0n) is 19.3. The Bertz CT molecular complexity index is 1390. The van der Waals surface area contributed by atoms with Crippen molar-refractivity contribution in [3.05, 3.63) is 70.3 Å². The summed E-state index contributed by atoms with van der Waals surface area (Å²) in [4.78, 5) is 20.6. The Balaban J connectivity index is 1.19. The first kappa shape index (κ1) is 22.6. The number of hydrogen-bond acceptors (Lipinski definition) is 6. The van der Waals surface area contributed by atoms with Gasteiger partial charge in [-0.3, -0.25) is 9.13 Å². The van der Waals surface area contributed by atoms with Crippen LogP contribution < -0.4 is 16.3 Å². The number of aliphatic hydroxyl groups excluding tert-OH is 1. The molecule has 1 aliphatic carbocycles. The van der Waals surface area contributed by atoms with Gasteiger partial charge in [0.1, 0.15) is 12.1 Å². The zero-order valence-corrected chi connectivity index (χ0v) is 19.3. The van der Waals surface area contributed by atoms with Gasteiger partial charge >= 0.3 is 5.69 Å². The van der Waals surface area contributed by atoms with E-state index in [2.05, 4.69) is 26.7 Å². The van der Waals surface area contributed by atoms with E-state index in [1.807, 2.05) is 18.3 Å². The second-order valence-corrected chi connectivity index (χ2v) is 9.16. The maximum absolute atomic E-state index is 14.7. The summed E-state index contributed by atoms with van der Waals surface area (Å²) in [6, 6.07) is 9.25. The molecule has 0 aliphatic heterocycles. The lowest BCUT2D eigenvalue weighted by atomic mass is 9.88. The van der Waals surface area contributed by atoms with Crippen LogP contribution in [0.3, 0.4) is 0 Å². The molecule has 0 unspecified atom stereocenters. The van der Waals surface area contributed by atoms with Crippen molar-refractivity contribution < 1.29 is 9.50 Å². The molecule has 3 N–H and O–H groups in total. The molecule has 3 atom stereocenters. The van der Waals surface area contributed by atoms with Crippen molar-refractivity contribution in [3.8, 4) is 0 Å². The van der Waals surface area contributed by atoms with Gasteiger partial charge in [-0.05, 0) is 30.9 Å². The highest BCUT2D eigenvalue weighted by molar-refractivity contribution is 5.80. The fourth-order valence-electron chi connectivity index (χ4n) is 4.98. The molecule has 5 rings (SSSR count). The summed E-state index contributed by atoms with van der Waals surface area (Å²) in [7, 11) is 3.32. The summed E-state index contributed by atoms with van der Waals surface area (Å²) in [5.74, 6) is -0.357. The van der Waals surface area contributed by atoms with E-state index in [4.69, 9.17) is 0 Å². The van der Waals surface area contributed by atoms with Gasteiger partial charge in [0.05, 0.1) is 22.7 Å². The molecular weight excluding hydrogens is 435 g/mol. The fourth-order valence-corrected chi connectivity index (χ4v) is 4.98. The number of fused-ring (bicyclic) bond motifs is 2. The number of para-hydroxylation sites is 1. The molecule has 9 heteroatoms. The number of rotatable bonds is 6. The van der Waals surface area contributed by atoms with E-state index in [1.54, 1.807) is 26.5 Å². The number of aromatic nitrogens is 4. The third-order valence-electron chi connectivity index (χ3n) is 7.01. The number of benzene rings is 2. The normalized spacial score (nSPS) is 20.9. The predicted octanol–water partition coefficient (Wildman–Crippen LogP) is 2.12. The molecule has 0 bridgehead atoms. The lowest BCUT2D eigenvalue weighted by molar-refractivity contribution is 0.0741. The summed E-state index contributed by atoms with van der Waals surface area (Å²) >= 11 is 0. The number of imidazole rings is 1. The first-order valence-corrected chi connectivity index (χ1v) is 11.6. The first-order chi connectivity index (χ1) is 16.4. The summed E-state index contributed by atoms with van der Waals surface area (Å²) in [6.45, 7) is 0.964. The third-order valence-corrected chi connectivity index (χ3v) is 7.01. The second kappa shape index (κ2) is 9.25. The van der Waals surface area contributed by atoms with Crippen molar-refractivity contribution in [2.75, 3.05) is 0 Å². The van der Waals surface area contributed by atoms with Crippen LogP contribution in [-0.2, 0) is 27.2 Å². The van der Waals surface area contributed by atoms with Gasteiger partial charge in [-0.2, -0.15) is 0 Å². The van der Waals surface area contributed by atoms with E-state index in [0.29, 0.717) is 36.1 Å². The van der Waals surface area contributed by atoms with Gasteiger partial charge in [0.2, 0.25) is 0 Å². The summed E-state index contributed by atoms with van der Waals surface area (Å²) in [5, 5.41) is 18.6. The van der Waals surface area contributed by atoms with Crippen molar-refractivity contribution >= 4 is 21.9 Å². The molecule has 0 amide bonds. The van der Waals surface area contributed by atoms with Crippen LogP contribution in [0, 0.1) is 5.82 Å². The number of aliphatic hydroxyl groups is 1. The highest BCUT2D eigenvalue weighted by Crippen LogP contribution is 2.23. The van der Waals surface area contributed by atoms with Gasteiger partial charge in [0.25, 0.3) is 0 Å². The van der Waals surface area contributed by atoms with Crippen LogP contribution in [0.15, 0.2) is 47.7 Å². The maximum atomic E-state index is 14.7. The lowest BCUT2D eigenvalue weighted by Gasteiger charge is -2.34. The molecule has 2 aromatic carbocycles. The fraction of sp³-hybridized carbons (Fsp3) is 0.400. The summed E-state index contributed by atoms with van der Waals surface area (Å²) in [6.07, 6.45) is 5.14. The maximum Gasteiger partial charge on any atom is 0.328 e. The van der Waals surface area contributed by atoms with Crippen LogP contribution in [0.1, 0.15) is 30.4 Å². The minimum Gasteiger partial charge on any atom is -0.391 e. The van der Waals surface area contributed by atoms with Gasteiger partial charge < -0.3 is 15.7 Å². The van der Waals surface area contributed by atoms with Gasteiger partial charge in [-0.25, -0.2) is 19.2 Å². The standard InChI is InChI=1S/C25H29FN6O2/c1-31-21-8-17(19(26)10-22(21)32(2)25(31)34)13-29-20-7-6-18(9-23(20)33)28-12-16-5-3-4-15-11-27-14-30-24(15)16/h3-5,8,10-11,14,18,20,23,28-29,33H,6-7,9,12-13H2,1-2H3/t18-,20-,23+/m0/s1. The Labute approximate surface area is 196 Å². The Hall–Kier alpha value is -3.14. The van der Waals surface area contributed by atoms with Crippen LogP contribution in [0.5, 0.6) is 0 Å². The first-order valence-electron chi connectivity index (χ1n) is 11.6. The molecule has 0 spiro atoms. The van der Waals surface area contributed by atoms with Crippen molar-refractivity contribution in [1.29, 1.82) is 0 Å². The largest absolute Gasteiger partial charge is 0.391 e. The van der Waals surface area contributed by atoms with Crippen LogP contribution in [0.25, 0.3) is 21.9 Å². The monoisotopic (exact) mass is 464 g/mol. The average Bonchev–Trinajstić information content (AvgIpc) is 3.05. The summed E-state index contributed by atoms with van der Waals surface area (Å²) in [5.41, 5.74) is 3.61. The van der Waals surface area contributed by atoms with Gasteiger partial charge in [-0.15, -0.1) is 0 Å². The number of hydrogen-bond donors (Lipinski definition) is 3. The van der Waals surface area contributed by atoms with E-state index in [1.165, 1.54) is 15.2 Å². The van der Waals surface area contributed by atoms with Crippen LogP contribution in [-0.4, -0.2) is 42.4 Å². The van der Waals surface area contributed by atoms with E-state index in [-0.39, 0.29) is 23.6 Å². The average molecular weight is 465 g/mol. The molecule has 2 aromatic heterocycles. The van der Waals surface area contributed by atoms with E-state index < -0.39 is 6.10 Å². The Morgan fingerprint density at radius 1 is 1.09 bits per heavy atom. The van der Waals surface area contributed by atoms with Crippen LogP contribution in [0.4, 0.5) is 4.39 Å². The van der Waals surface area contributed by atoms with Crippen LogP contribution in [0.2, 0.25) is 0 Å². The van der Waals surface area contributed by atoms with Crippen molar-refractivity contribution in [3.63, 3.8) is 0 Å². The smallest absolute Gasteiger partial charge is 0.328 e. The Morgan fingerprint density at radius 2 is 1.85 bits per heavy atom. The molecule has 1 aliphatic rings. The predicted molar refractivity (Wildman–Crippen MR) is 129 cm³/mol. The minimum absolute atomic E-state index is 0.113. The molecule has 2 heterocycles. The summed E-state index contributed by atoms with van der Waals surface area (Å²) < 4.78 is 17.6. The number of aryl methyl sites for hydroxylation is 2.